The normalized spacial score (nSPS) is 17.3. The lowest BCUT2D eigenvalue weighted by Crippen LogP contribution is -2.39. The van der Waals surface area contributed by atoms with Gasteiger partial charge in [-0.1, -0.05) is 6.07 Å². The Morgan fingerprint density at radius 3 is 2.47 bits per heavy atom. The average molecular weight is 212 g/mol. The Morgan fingerprint density at radius 2 is 2.00 bits per heavy atom. The van der Waals surface area contributed by atoms with Crippen LogP contribution in [0.3, 0.4) is 0 Å². The lowest BCUT2D eigenvalue weighted by atomic mass is 9.95. The molecule has 0 saturated heterocycles. The van der Waals surface area contributed by atoms with Crippen LogP contribution in [-0.2, 0) is 10.2 Å². The quantitative estimate of drug-likeness (QED) is 0.436. The first-order valence-corrected chi connectivity index (χ1v) is 4.57. The van der Waals surface area contributed by atoms with Gasteiger partial charge in [0.1, 0.15) is 0 Å². The van der Waals surface area contributed by atoms with E-state index < -0.39 is 17.0 Å². The predicted molar refractivity (Wildman–Crippen MR) is 49.6 cm³/mol. The molecule has 1 aromatic carbocycles. The van der Waals surface area contributed by atoms with Crippen LogP contribution in [0.15, 0.2) is 18.2 Å². The summed E-state index contributed by atoms with van der Waals surface area (Å²) in [6, 6.07) is 3.49. The van der Waals surface area contributed by atoms with Gasteiger partial charge >= 0.3 is 0 Å². The first kappa shape index (κ1) is 10.0. The molecule has 2 rings (SSSR count). The third-order valence-corrected chi connectivity index (χ3v) is 2.79. The van der Waals surface area contributed by atoms with Gasteiger partial charge in [0, 0.05) is 0 Å². The molecule has 3 nitrogen and oxygen atoms in total. The van der Waals surface area contributed by atoms with Crippen LogP contribution in [0.2, 0.25) is 0 Å². The predicted octanol–water partition coefficient (Wildman–Crippen LogP) is 0.986. The highest BCUT2D eigenvalue weighted by Gasteiger charge is 2.51. The molecule has 1 amide bonds. The number of hydrogen-bond donors (Lipinski definition) is 2. The topological polar surface area (TPSA) is 55.1 Å². The van der Waals surface area contributed by atoms with E-state index in [0.29, 0.717) is 18.4 Å². The van der Waals surface area contributed by atoms with Crippen molar-refractivity contribution in [3.05, 3.63) is 35.4 Å². The molecule has 0 radical (unpaired) electrons. The van der Waals surface area contributed by atoms with E-state index in [1.165, 1.54) is 6.07 Å². The van der Waals surface area contributed by atoms with Gasteiger partial charge in [-0.05, 0) is 30.5 Å². The fraction of sp³-hybridized carbons (Fsp3) is 0.300. The molecule has 15 heavy (non-hydrogen) atoms. The molecular formula is C10H10F2N2O. The highest BCUT2D eigenvalue weighted by atomic mass is 19.2. The summed E-state index contributed by atoms with van der Waals surface area (Å²) in [7, 11) is 0. The Morgan fingerprint density at radius 1 is 1.33 bits per heavy atom. The molecule has 1 aliphatic carbocycles. The summed E-state index contributed by atoms with van der Waals surface area (Å²) in [5.74, 6) is 2.83. The number of carbonyl (C=O) groups excluding carboxylic acids is 1. The molecule has 80 valence electrons. The first-order chi connectivity index (χ1) is 7.10. The Hall–Kier alpha value is -1.49. The van der Waals surface area contributed by atoms with E-state index in [9.17, 15) is 13.6 Å². The van der Waals surface area contributed by atoms with Crippen molar-refractivity contribution in [1.29, 1.82) is 0 Å². The highest BCUT2D eigenvalue weighted by Crippen LogP contribution is 2.48. The van der Waals surface area contributed by atoms with Gasteiger partial charge in [0.25, 0.3) is 0 Å². The summed E-state index contributed by atoms with van der Waals surface area (Å²) in [4.78, 5) is 11.4. The summed E-state index contributed by atoms with van der Waals surface area (Å²) < 4.78 is 25.7. The van der Waals surface area contributed by atoms with Crippen LogP contribution in [0.25, 0.3) is 0 Å². The van der Waals surface area contributed by atoms with Crippen LogP contribution in [0.4, 0.5) is 8.78 Å². The molecule has 0 atom stereocenters. The second-order valence-corrected chi connectivity index (χ2v) is 3.68. The zero-order chi connectivity index (χ0) is 11.1. The number of halogens is 2. The summed E-state index contributed by atoms with van der Waals surface area (Å²) in [6.07, 6.45) is 1.22. The van der Waals surface area contributed by atoms with E-state index in [2.05, 4.69) is 0 Å². The second kappa shape index (κ2) is 3.27. The molecule has 0 bridgehead atoms. The molecule has 0 aromatic heterocycles. The second-order valence-electron chi connectivity index (χ2n) is 3.68. The van der Waals surface area contributed by atoms with Crippen LogP contribution in [0.1, 0.15) is 18.4 Å². The molecule has 3 N–H and O–H groups in total. The van der Waals surface area contributed by atoms with Gasteiger partial charge < -0.3 is 0 Å². The minimum Gasteiger partial charge on any atom is -0.293 e. The Labute approximate surface area is 85.2 Å². The Bertz CT molecular complexity index is 416. The number of amides is 1. The van der Waals surface area contributed by atoms with Crippen LogP contribution in [0, 0.1) is 11.6 Å². The lowest BCUT2D eigenvalue weighted by molar-refractivity contribution is -0.123. The number of rotatable bonds is 2. The van der Waals surface area contributed by atoms with E-state index in [1.807, 2.05) is 5.43 Å². The number of hydrogen-bond acceptors (Lipinski definition) is 2. The van der Waals surface area contributed by atoms with Crippen molar-refractivity contribution >= 4 is 5.91 Å². The van der Waals surface area contributed by atoms with Crippen molar-refractivity contribution in [2.75, 3.05) is 0 Å². The number of carbonyl (C=O) groups is 1. The molecule has 1 saturated carbocycles. The van der Waals surface area contributed by atoms with E-state index in [-0.39, 0.29) is 5.91 Å². The summed E-state index contributed by atoms with van der Waals surface area (Å²) >= 11 is 0. The third kappa shape index (κ3) is 1.48. The van der Waals surface area contributed by atoms with Crippen LogP contribution < -0.4 is 11.3 Å². The zero-order valence-corrected chi connectivity index (χ0v) is 7.89. The molecule has 0 spiro atoms. The average Bonchev–Trinajstić information content (AvgIpc) is 3.02. The molecule has 0 heterocycles. The number of nitrogens with two attached hydrogens (primary N) is 1. The van der Waals surface area contributed by atoms with Crippen molar-refractivity contribution in [3.8, 4) is 0 Å². The fourth-order valence-corrected chi connectivity index (χ4v) is 1.70. The Balaban J connectivity index is 2.38. The largest absolute Gasteiger partial charge is 0.293 e. The maximum atomic E-state index is 13.0. The van der Waals surface area contributed by atoms with Gasteiger partial charge in [0.05, 0.1) is 5.41 Å². The first-order valence-electron chi connectivity index (χ1n) is 4.57. The minimum atomic E-state index is -0.941. The monoisotopic (exact) mass is 212 g/mol. The summed E-state index contributed by atoms with van der Waals surface area (Å²) in [5.41, 5.74) is 1.77. The van der Waals surface area contributed by atoms with Crippen molar-refractivity contribution in [3.63, 3.8) is 0 Å². The number of benzene rings is 1. The van der Waals surface area contributed by atoms with Gasteiger partial charge in [-0.15, -0.1) is 0 Å². The van der Waals surface area contributed by atoms with Crippen molar-refractivity contribution in [1.82, 2.24) is 5.43 Å². The highest BCUT2D eigenvalue weighted by molar-refractivity contribution is 5.90. The summed E-state index contributed by atoms with van der Waals surface area (Å²) in [6.45, 7) is 0. The number of nitrogens with one attached hydrogen (secondary N) is 1. The molecule has 0 aliphatic heterocycles. The Kier molecular flexibility index (Phi) is 2.19. The smallest absolute Gasteiger partial charge is 0.244 e. The standard InChI is InChI=1S/C10H10F2N2O/c11-7-2-1-6(5-8(7)12)10(3-4-10)9(15)14-13/h1-2,5H,3-4,13H2,(H,14,15). The molecule has 0 unspecified atom stereocenters. The number of hydrazine groups is 1. The maximum absolute atomic E-state index is 13.0. The van der Waals surface area contributed by atoms with E-state index in [0.717, 1.165) is 12.1 Å². The maximum Gasteiger partial charge on any atom is 0.244 e. The summed E-state index contributed by atoms with van der Waals surface area (Å²) in [5, 5.41) is 0. The van der Waals surface area contributed by atoms with Crippen molar-refractivity contribution < 1.29 is 13.6 Å². The molecule has 5 heteroatoms. The lowest BCUT2D eigenvalue weighted by Gasteiger charge is -2.13. The van der Waals surface area contributed by atoms with Gasteiger partial charge in [-0.2, -0.15) is 0 Å². The van der Waals surface area contributed by atoms with Crippen molar-refractivity contribution in [2.24, 2.45) is 5.84 Å². The van der Waals surface area contributed by atoms with Crippen molar-refractivity contribution in [2.45, 2.75) is 18.3 Å². The van der Waals surface area contributed by atoms with Crippen LogP contribution in [-0.4, -0.2) is 5.91 Å². The molecule has 1 fully saturated rings. The van der Waals surface area contributed by atoms with E-state index >= 15 is 0 Å². The van der Waals surface area contributed by atoms with Crippen LogP contribution >= 0.6 is 0 Å². The molecule has 1 aliphatic rings. The third-order valence-electron chi connectivity index (χ3n) is 2.79. The van der Waals surface area contributed by atoms with E-state index in [1.54, 1.807) is 0 Å². The minimum absolute atomic E-state index is 0.353. The van der Waals surface area contributed by atoms with Gasteiger partial charge in [-0.3, -0.25) is 10.2 Å². The van der Waals surface area contributed by atoms with E-state index in [4.69, 9.17) is 5.84 Å². The van der Waals surface area contributed by atoms with Gasteiger partial charge in [0.15, 0.2) is 11.6 Å². The van der Waals surface area contributed by atoms with Gasteiger partial charge in [-0.25, -0.2) is 14.6 Å². The zero-order valence-electron chi connectivity index (χ0n) is 7.89. The fourth-order valence-electron chi connectivity index (χ4n) is 1.70. The van der Waals surface area contributed by atoms with Gasteiger partial charge in [0.2, 0.25) is 5.91 Å². The SMILES string of the molecule is NNC(=O)C1(c2ccc(F)c(F)c2)CC1. The molecular weight excluding hydrogens is 202 g/mol. The van der Waals surface area contributed by atoms with Crippen LogP contribution in [0.5, 0.6) is 0 Å². The molecule has 1 aromatic rings.